The minimum absolute atomic E-state index is 0.0762. The van der Waals surface area contributed by atoms with Gasteiger partial charge in [0.2, 0.25) is 5.91 Å². The molecule has 134 valence electrons. The van der Waals surface area contributed by atoms with E-state index in [0.717, 1.165) is 48.6 Å². The van der Waals surface area contributed by atoms with Crippen molar-refractivity contribution in [2.75, 3.05) is 38.1 Å². The van der Waals surface area contributed by atoms with Gasteiger partial charge in [0.15, 0.2) is 0 Å². The third kappa shape index (κ3) is 3.47. The maximum absolute atomic E-state index is 12.5. The third-order valence-corrected chi connectivity index (χ3v) is 4.74. The second kappa shape index (κ2) is 7.27. The summed E-state index contributed by atoms with van der Waals surface area (Å²) in [7, 11) is 0. The number of fused-ring (bicyclic) bond motifs is 1. The van der Waals surface area contributed by atoms with Crippen molar-refractivity contribution in [1.82, 2.24) is 10.2 Å². The summed E-state index contributed by atoms with van der Waals surface area (Å²) in [4.78, 5) is 26.0. The molecule has 0 radical (unpaired) electrons. The average Bonchev–Trinajstić information content (AvgIpc) is 2.88. The number of anilines is 1. The van der Waals surface area contributed by atoms with Crippen LogP contribution in [-0.4, -0.2) is 49.5 Å². The van der Waals surface area contributed by atoms with Crippen LogP contribution in [0.25, 0.3) is 11.1 Å². The Labute approximate surface area is 152 Å². The highest BCUT2D eigenvalue weighted by Gasteiger charge is 2.18. The molecular weight excluding hydrogens is 330 g/mol. The van der Waals surface area contributed by atoms with E-state index in [1.807, 2.05) is 47.4 Å². The van der Waals surface area contributed by atoms with Crippen molar-refractivity contribution in [1.29, 1.82) is 0 Å². The van der Waals surface area contributed by atoms with Crippen LogP contribution in [-0.2, 0) is 16.1 Å². The first-order valence-corrected chi connectivity index (χ1v) is 8.82. The molecule has 0 spiro atoms. The molecular formula is C20H21N3O3. The van der Waals surface area contributed by atoms with E-state index >= 15 is 0 Å². The van der Waals surface area contributed by atoms with Crippen LogP contribution in [0.2, 0.25) is 0 Å². The summed E-state index contributed by atoms with van der Waals surface area (Å²) in [5.41, 5.74) is 4.52. The van der Waals surface area contributed by atoms with E-state index in [1.165, 1.54) is 0 Å². The average molecular weight is 351 g/mol. The third-order valence-electron chi connectivity index (χ3n) is 4.74. The number of ether oxygens (including phenoxy) is 1. The lowest BCUT2D eigenvalue weighted by atomic mass is 10.0. The van der Waals surface area contributed by atoms with Crippen molar-refractivity contribution >= 4 is 17.5 Å². The maximum Gasteiger partial charge on any atom is 0.253 e. The minimum Gasteiger partial charge on any atom is -0.367 e. The lowest BCUT2D eigenvalue weighted by Gasteiger charge is -2.27. The van der Waals surface area contributed by atoms with Gasteiger partial charge in [0.25, 0.3) is 5.91 Å². The molecule has 1 fully saturated rings. The molecule has 2 aliphatic heterocycles. The zero-order valence-corrected chi connectivity index (χ0v) is 14.5. The largest absolute Gasteiger partial charge is 0.367 e. The summed E-state index contributed by atoms with van der Waals surface area (Å²) in [5.74, 6) is -0.0524. The number of carbonyl (C=O) groups excluding carboxylic acids is 2. The molecule has 2 N–H and O–H groups in total. The first kappa shape index (κ1) is 16.8. The molecule has 6 nitrogen and oxygen atoms in total. The number of carbonyl (C=O) groups is 2. The molecule has 2 amide bonds. The van der Waals surface area contributed by atoms with Gasteiger partial charge in [-0.1, -0.05) is 18.2 Å². The Kier molecular flexibility index (Phi) is 4.69. The van der Waals surface area contributed by atoms with E-state index in [4.69, 9.17) is 4.74 Å². The van der Waals surface area contributed by atoms with Crippen molar-refractivity contribution in [2.24, 2.45) is 0 Å². The van der Waals surface area contributed by atoms with E-state index in [9.17, 15) is 9.59 Å². The monoisotopic (exact) mass is 351 g/mol. The first-order chi connectivity index (χ1) is 12.7. The Balaban J connectivity index is 1.54. The Hall–Kier alpha value is -2.70. The number of benzene rings is 2. The van der Waals surface area contributed by atoms with E-state index in [0.29, 0.717) is 12.2 Å². The summed E-state index contributed by atoms with van der Waals surface area (Å²) in [5, 5.41) is 6.10. The second-order valence-electron chi connectivity index (χ2n) is 6.53. The van der Waals surface area contributed by atoms with Gasteiger partial charge in [0.1, 0.15) is 6.61 Å². The summed E-state index contributed by atoms with van der Waals surface area (Å²) in [6.07, 6.45) is 0. The van der Waals surface area contributed by atoms with Crippen molar-refractivity contribution in [3.63, 3.8) is 0 Å². The van der Waals surface area contributed by atoms with Gasteiger partial charge in [-0.15, -0.1) is 0 Å². The number of rotatable bonds is 2. The molecule has 0 atom stereocenters. The van der Waals surface area contributed by atoms with E-state index < -0.39 is 0 Å². The van der Waals surface area contributed by atoms with Gasteiger partial charge in [-0.25, -0.2) is 0 Å². The first-order valence-electron chi connectivity index (χ1n) is 8.82. The maximum atomic E-state index is 12.5. The summed E-state index contributed by atoms with van der Waals surface area (Å²) < 4.78 is 5.37. The smallest absolute Gasteiger partial charge is 0.253 e. The van der Waals surface area contributed by atoms with Crippen LogP contribution in [0, 0.1) is 0 Å². The number of amides is 2. The molecule has 26 heavy (non-hydrogen) atoms. The number of hydrogen-bond acceptors (Lipinski definition) is 4. The predicted octanol–water partition coefficient (Wildman–Crippen LogP) is 1.87. The predicted molar refractivity (Wildman–Crippen MR) is 98.9 cm³/mol. The molecule has 0 aromatic heterocycles. The fourth-order valence-electron chi connectivity index (χ4n) is 3.31. The van der Waals surface area contributed by atoms with Crippen LogP contribution in [0.1, 0.15) is 15.9 Å². The lowest BCUT2D eigenvalue weighted by molar-refractivity contribution is -0.120. The van der Waals surface area contributed by atoms with Crippen LogP contribution in [0.4, 0.5) is 5.69 Å². The molecule has 0 bridgehead atoms. The summed E-state index contributed by atoms with van der Waals surface area (Å²) >= 11 is 0. The molecule has 0 unspecified atom stereocenters. The Bertz CT molecular complexity index is 827. The van der Waals surface area contributed by atoms with Crippen LogP contribution < -0.4 is 10.6 Å². The standard InChI is InChI=1S/C20H21N3O3/c24-19-13-26-12-17-11-16(5-6-18(17)22-19)14-1-3-15(4-2-14)20(25)23-9-7-21-8-10-23/h1-6,11,21H,7-10,12-13H2,(H,22,24). The van der Waals surface area contributed by atoms with Crippen molar-refractivity contribution in [2.45, 2.75) is 6.61 Å². The van der Waals surface area contributed by atoms with Crippen LogP contribution in [0.5, 0.6) is 0 Å². The van der Waals surface area contributed by atoms with Crippen molar-refractivity contribution in [3.05, 3.63) is 53.6 Å². The van der Waals surface area contributed by atoms with Crippen LogP contribution in [0.15, 0.2) is 42.5 Å². The van der Waals surface area contributed by atoms with Gasteiger partial charge in [-0.2, -0.15) is 0 Å². The highest BCUT2D eigenvalue weighted by Crippen LogP contribution is 2.27. The molecule has 6 heteroatoms. The number of nitrogens with zero attached hydrogens (tertiary/aromatic N) is 1. The highest BCUT2D eigenvalue weighted by atomic mass is 16.5. The molecule has 2 aliphatic rings. The second-order valence-corrected chi connectivity index (χ2v) is 6.53. The molecule has 2 heterocycles. The topological polar surface area (TPSA) is 70.7 Å². The van der Waals surface area contributed by atoms with E-state index in [1.54, 1.807) is 0 Å². The molecule has 2 aromatic carbocycles. The van der Waals surface area contributed by atoms with E-state index in [-0.39, 0.29) is 18.4 Å². The van der Waals surface area contributed by atoms with Crippen molar-refractivity contribution < 1.29 is 14.3 Å². The number of nitrogens with one attached hydrogen (secondary N) is 2. The fourth-order valence-corrected chi connectivity index (χ4v) is 3.31. The lowest BCUT2D eigenvalue weighted by Crippen LogP contribution is -2.46. The summed E-state index contributed by atoms with van der Waals surface area (Å²) in [6.45, 7) is 3.66. The Morgan fingerprint density at radius 2 is 1.69 bits per heavy atom. The molecule has 1 saturated heterocycles. The van der Waals surface area contributed by atoms with Crippen molar-refractivity contribution in [3.8, 4) is 11.1 Å². The zero-order valence-electron chi connectivity index (χ0n) is 14.5. The zero-order chi connectivity index (χ0) is 17.9. The van der Waals surface area contributed by atoms with Gasteiger partial charge < -0.3 is 20.3 Å². The molecule has 0 saturated carbocycles. The van der Waals surface area contributed by atoms with Crippen LogP contribution in [0.3, 0.4) is 0 Å². The molecule has 2 aromatic rings. The van der Waals surface area contributed by atoms with Gasteiger partial charge >= 0.3 is 0 Å². The van der Waals surface area contributed by atoms with Gasteiger partial charge in [0.05, 0.1) is 6.61 Å². The molecule has 0 aliphatic carbocycles. The quantitative estimate of drug-likeness (QED) is 0.867. The summed E-state index contributed by atoms with van der Waals surface area (Å²) in [6, 6.07) is 13.6. The van der Waals surface area contributed by atoms with Gasteiger partial charge in [0, 0.05) is 43.0 Å². The van der Waals surface area contributed by atoms with Gasteiger partial charge in [-0.3, -0.25) is 9.59 Å². The highest BCUT2D eigenvalue weighted by molar-refractivity contribution is 5.95. The van der Waals surface area contributed by atoms with E-state index in [2.05, 4.69) is 10.6 Å². The Morgan fingerprint density at radius 3 is 2.46 bits per heavy atom. The normalized spacial score (nSPS) is 17.2. The van der Waals surface area contributed by atoms with Crippen LogP contribution >= 0.6 is 0 Å². The fraction of sp³-hybridized carbons (Fsp3) is 0.300. The van der Waals surface area contributed by atoms with Gasteiger partial charge in [-0.05, 0) is 35.4 Å². The Morgan fingerprint density at radius 1 is 0.962 bits per heavy atom. The minimum atomic E-state index is -0.132. The molecule has 4 rings (SSSR count). The number of hydrogen-bond donors (Lipinski definition) is 2. The SMILES string of the molecule is O=C1COCc2cc(-c3ccc(C(=O)N4CCNCC4)cc3)ccc2N1. The number of piperazine rings is 1.